The van der Waals surface area contributed by atoms with Crippen LogP contribution in [-0.2, 0) is 4.74 Å². The molecule has 14 heavy (non-hydrogen) atoms. The molecule has 1 rings (SSSR count). The molecule has 3 heteroatoms. The van der Waals surface area contributed by atoms with E-state index in [0.717, 1.165) is 6.54 Å². The van der Waals surface area contributed by atoms with Crippen LogP contribution in [0.2, 0.25) is 0 Å². The number of rotatable bonds is 6. The molecule has 0 aliphatic carbocycles. The van der Waals surface area contributed by atoms with E-state index in [-0.39, 0.29) is 6.61 Å². The summed E-state index contributed by atoms with van der Waals surface area (Å²) in [5, 5.41) is 8.51. The largest absolute Gasteiger partial charge is 0.394 e. The molecule has 1 aromatic rings. The molecule has 3 nitrogen and oxygen atoms in total. The number of aliphatic hydroxyl groups is 1. The maximum absolute atomic E-state index is 8.51. The zero-order valence-corrected chi connectivity index (χ0v) is 8.52. The summed E-state index contributed by atoms with van der Waals surface area (Å²) in [6.45, 7) is 1.99. The Balaban J connectivity index is 2.25. The molecule has 0 bridgehead atoms. The SMILES string of the molecule is CN(CCOCCO)c1ccccc1. The van der Waals surface area contributed by atoms with Crippen LogP contribution in [0, 0.1) is 0 Å². The summed E-state index contributed by atoms with van der Waals surface area (Å²) in [7, 11) is 2.03. The lowest BCUT2D eigenvalue weighted by Crippen LogP contribution is -2.22. The summed E-state index contributed by atoms with van der Waals surface area (Å²) < 4.78 is 5.18. The molecular formula is C11H17NO2. The minimum absolute atomic E-state index is 0.0923. The Labute approximate surface area is 84.9 Å². The van der Waals surface area contributed by atoms with Gasteiger partial charge in [0, 0.05) is 19.3 Å². The maximum Gasteiger partial charge on any atom is 0.0698 e. The molecule has 0 saturated heterocycles. The summed E-state index contributed by atoms with van der Waals surface area (Å²) in [5.41, 5.74) is 1.18. The molecule has 0 atom stereocenters. The van der Waals surface area contributed by atoms with Crippen molar-refractivity contribution in [1.82, 2.24) is 0 Å². The van der Waals surface area contributed by atoms with E-state index in [1.54, 1.807) is 0 Å². The van der Waals surface area contributed by atoms with Crippen molar-refractivity contribution in [3.05, 3.63) is 30.3 Å². The van der Waals surface area contributed by atoms with Gasteiger partial charge in [0.15, 0.2) is 0 Å². The van der Waals surface area contributed by atoms with E-state index in [9.17, 15) is 0 Å². The van der Waals surface area contributed by atoms with Gasteiger partial charge >= 0.3 is 0 Å². The topological polar surface area (TPSA) is 32.7 Å². The Morgan fingerprint density at radius 2 is 1.93 bits per heavy atom. The lowest BCUT2D eigenvalue weighted by atomic mass is 10.3. The van der Waals surface area contributed by atoms with Crippen LogP contribution in [-0.4, -0.2) is 38.5 Å². The second-order valence-corrected chi connectivity index (χ2v) is 3.09. The van der Waals surface area contributed by atoms with Crippen molar-refractivity contribution in [2.45, 2.75) is 0 Å². The van der Waals surface area contributed by atoms with Gasteiger partial charge < -0.3 is 14.7 Å². The third-order valence-corrected chi connectivity index (χ3v) is 2.00. The fourth-order valence-corrected chi connectivity index (χ4v) is 1.18. The number of ether oxygens (including phenoxy) is 1. The molecule has 0 aliphatic rings. The Morgan fingerprint density at radius 1 is 1.21 bits per heavy atom. The normalized spacial score (nSPS) is 10.1. The lowest BCUT2D eigenvalue weighted by Gasteiger charge is -2.18. The van der Waals surface area contributed by atoms with Crippen LogP contribution in [0.25, 0.3) is 0 Å². The molecule has 0 spiro atoms. The number of likely N-dealkylation sites (N-methyl/N-ethyl adjacent to an activating group) is 1. The predicted octanol–water partition coefficient (Wildman–Crippen LogP) is 1.13. The van der Waals surface area contributed by atoms with Crippen molar-refractivity contribution in [3.63, 3.8) is 0 Å². The number of hydrogen-bond donors (Lipinski definition) is 1. The van der Waals surface area contributed by atoms with Gasteiger partial charge in [-0.3, -0.25) is 0 Å². The van der Waals surface area contributed by atoms with Crippen LogP contribution in [0.4, 0.5) is 5.69 Å². The first-order chi connectivity index (χ1) is 6.84. The van der Waals surface area contributed by atoms with Gasteiger partial charge in [0.2, 0.25) is 0 Å². The summed E-state index contributed by atoms with van der Waals surface area (Å²) >= 11 is 0. The second-order valence-electron chi connectivity index (χ2n) is 3.09. The van der Waals surface area contributed by atoms with Gasteiger partial charge in [-0.15, -0.1) is 0 Å². The number of para-hydroxylation sites is 1. The highest BCUT2D eigenvalue weighted by Gasteiger charge is 1.98. The minimum Gasteiger partial charge on any atom is -0.394 e. The van der Waals surface area contributed by atoms with E-state index in [1.165, 1.54) is 5.69 Å². The average Bonchev–Trinajstić information content (AvgIpc) is 2.25. The first kappa shape index (κ1) is 11.0. The smallest absolute Gasteiger partial charge is 0.0698 e. The quantitative estimate of drug-likeness (QED) is 0.691. The second kappa shape index (κ2) is 6.40. The maximum atomic E-state index is 8.51. The van der Waals surface area contributed by atoms with Gasteiger partial charge in [0.05, 0.1) is 19.8 Å². The first-order valence-electron chi connectivity index (χ1n) is 4.79. The molecular weight excluding hydrogens is 178 g/mol. The molecule has 0 aromatic heterocycles. The van der Waals surface area contributed by atoms with Crippen LogP contribution in [0.3, 0.4) is 0 Å². The van der Waals surface area contributed by atoms with Gasteiger partial charge in [-0.25, -0.2) is 0 Å². The lowest BCUT2D eigenvalue weighted by molar-refractivity contribution is 0.0971. The van der Waals surface area contributed by atoms with Gasteiger partial charge in [-0.1, -0.05) is 18.2 Å². The zero-order chi connectivity index (χ0) is 10.2. The summed E-state index contributed by atoms with van der Waals surface area (Å²) in [4.78, 5) is 2.12. The number of anilines is 1. The van der Waals surface area contributed by atoms with E-state index in [2.05, 4.69) is 17.0 Å². The molecule has 0 heterocycles. The standard InChI is InChI=1S/C11H17NO2/c1-12(7-9-14-10-8-13)11-5-3-2-4-6-11/h2-6,13H,7-10H2,1H3. The molecule has 0 radical (unpaired) electrons. The Morgan fingerprint density at radius 3 is 2.57 bits per heavy atom. The number of aliphatic hydroxyl groups excluding tert-OH is 1. The minimum atomic E-state index is 0.0923. The number of benzene rings is 1. The van der Waals surface area contributed by atoms with Gasteiger partial charge in [0.25, 0.3) is 0 Å². The summed E-state index contributed by atoms with van der Waals surface area (Å²) in [6, 6.07) is 10.2. The summed E-state index contributed by atoms with van der Waals surface area (Å²) in [6.07, 6.45) is 0. The van der Waals surface area contributed by atoms with E-state index in [4.69, 9.17) is 9.84 Å². The summed E-state index contributed by atoms with van der Waals surface area (Å²) in [5.74, 6) is 0. The van der Waals surface area contributed by atoms with Crippen molar-refractivity contribution in [3.8, 4) is 0 Å². The highest BCUT2D eigenvalue weighted by atomic mass is 16.5. The number of nitrogens with zero attached hydrogens (tertiary/aromatic N) is 1. The van der Waals surface area contributed by atoms with Crippen LogP contribution in [0.1, 0.15) is 0 Å². The van der Waals surface area contributed by atoms with Crippen molar-refractivity contribution >= 4 is 5.69 Å². The van der Waals surface area contributed by atoms with Crippen molar-refractivity contribution < 1.29 is 9.84 Å². The van der Waals surface area contributed by atoms with Crippen molar-refractivity contribution in [2.75, 3.05) is 38.3 Å². The predicted molar refractivity (Wildman–Crippen MR) is 57.6 cm³/mol. The third-order valence-electron chi connectivity index (χ3n) is 2.00. The van der Waals surface area contributed by atoms with Crippen molar-refractivity contribution in [2.24, 2.45) is 0 Å². The third kappa shape index (κ3) is 3.77. The molecule has 0 aliphatic heterocycles. The molecule has 0 unspecified atom stereocenters. The molecule has 0 saturated carbocycles. The Hall–Kier alpha value is -1.06. The van der Waals surface area contributed by atoms with Crippen LogP contribution in [0.15, 0.2) is 30.3 Å². The molecule has 78 valence electrons. The van der Waals surface area contributed by atoms with E-state index < -0.39 is 0 Å². The van der Waals surface area contributed by atoms with Crippen LogP contribution < -0.4 is 4.90 Å². The van der Waals surface area contributed by atoms with Crippen molar-refractivity contribution in [1.29, 1.82) is 0 Å². The monoisotopic (exact) mass is 195 g/mol. The molecule has 1 aromatic carbocycles. The van der Waals surface area contributed by atoms with E-state index >= 15 is 0 Å². The van der Waals surface area contributed by atoms with Gasteiger partial charge in [-0.05, 0) is 12.1 Å². The molecule has 1 N–H and O–H groups in total. The fourth-order valence-electron chi connectivity index (χ4n) is 1.18. The molecule has 0 fully saturated rings. The Kier molecular flexibility index (Phi) is 5.04. The van der Waals surface area contributed by atoms with E-state index in [0.29, 0.717) is 13.2 Å². The first-order valence-corrected chi connectivity index (χ1v) is 4.79. The van der Waals surface area contributed by atoms with E-state index in [1.807, 2.05) is 25.2 Å². The average molecular weight is 195 g/mol. The van der Waals surface area contributed by atoms with Gasteiger partial charge in [-0.2, -0.15) is 0 Å². The number of hydrogen-bond acceptors (Lipinski definition) is 3. The zero-order valence-electron chi connectivity index (χ0n) is 8.52. The highest BCUT2D eigenvalue weighted by molar-refractivity contribution is 5.44. The Bertz CT molecular complexity index is 238. The highest BCUT2D eigenvalue weighted by Crippen LogP contribution is 2.09. The molecule has 0 amide bonds. The van der Waals surface area contributed by atoms with Crippen LogP contribution in [0.5, 0.6) is 0 Å². The van der Waals surface area contributed by atoms with Crippen LogP contribution >= 0.6 is 0 Å². The fraction of sp³-hybridized carbons (Fsp3) is 0.455. The van der Waals surface area contributed by atoms with Gasteiger partial charge in [0.1, 0.15) is 0 Å².